The highest BCUT2D eigenvalue weighted by Crippen LogP contribution is 2.31. The quantitative estimate of drug-likeness (QED) is 0.187. The Morgan fingerprint density at radius 1 is 0.933 bits per heavy atom. The van der Waals surface area contributed by atoms with Crippen LogP contribution in [0.5, 0.6) is 0 Å². The number of rotatable bonds is 11. The summed E-state index contributed by atoms with van der Waals surface area (Å²) in [5.41, 5.74) is 10.3. The number of hydrogen-bond donors (Lipinski definition) is 3. The molecule has 6 amide bonds. The molecule has 316 valence electrons. The van der Waals surface area contributed by atoms with Gasteiger partial charge in [-0.05, 0) is 85.9 Å². The summed E-state index contributed by atoms with van der Waals surface area (Å²) in [4.78, 5) is 91.0. The molecule has 4 fully saturated rings. The monoisotopic (exact) mass is 820 g/mol. The Balaban J connectivity index is 0.853. The van der Waals surface area contributed by atoms with Crippen molar-refractivity contribution in [3.63, 3.8) is 0 Å². The van der Waals surface area contributed by atoms with Crippen LogP contribution in [-0.2, 0) is 22.6 Å². The number of primary amides is 1. The minimum absolute atomic E-state index is 0.0373. The van der Waals surface area contributed by atoms with Gasteiger partial charge in [-0.3, -0.25) is 34.2 Å². The highest BCUT2D eigenvalue weighted by molar-refractivity contribution is 6.06. The summed E-state index contributed by atoms with van der Waals surface area (Å²) in [7, 11) is 3.34. The molecule has 2 unspecified atom stereocenters. The first-order valence-electron chi connectivity index (χ1n) is 20.8. The molecule has 8 rings (SSSR count). The molecule has 1 aromatic heterocycles. The molecule has 2 atom stereocenters. The topological polar surface area (TPSA) is 211 Å². The van der Waals surface area contributed by atoms with Gasteiger partial charge in [-0.25, -0.2) is 4.79 Å². The van der Waals surface area contributed by atoms with Gasteiger partial charge < -0.3 is 35.6 Å². The first kappa shape index (κ1) is 40.6. The lowest BCUT2D eigenvalue weighted by atomic mass is 9.93. The number of benzene rings is 2. The molecule has 60 heavy (non-hydrogen) atoms. The number of nitrogens with one attached hydrogen (secondary N) is 2. The summed E-state index contributed by atoms with van der Waals surface area (Å²) in [6.45, 7) is 7.08. The van der Waals surface area contributed by atoms with Gasteiger partial charge in [-0.15, -0.1) is 10.2 Å². The molecule has 0 aliphatic carbocycles. The fourth-order valence-corrected chi connectivity index (χ4v) is 9.25. The van der Waals surface area contributed by atoms with Gasteiger partial charge >= 0.3 is 6.03 Å². The molecule has 0 spiro atoms. The van der Waals surface area contributed by atoms with Crippen molar-refractivity contribution in [1.82, 2.24) is 40.1 Å². The molecule has 0 bridgehead atoms. The molecule has 4 saturated heterocycles. The minimum Gasteiger partial charge on any atom is -0.371 e. The molecule has 6 heterocycles. The van der Waals surface area contributed by atoms with E-state index in [1.165, 1.54) is 23.1 Å². The molecule has 4 N–H and O–H groups in total. The second kappa shape index (κ2) is 17.2. The molecular formula is C42H52N12O6. The third kappa shape index (κ3) is 8.46. The number of carbonyl (C=O) groups is 6. The van der Waals surface area contributed by atoms with Gasteiger partial charge in [0.15, 0.2) is 17.8 Å². The second-order valence-electron chi connectivity index (χ2n) is 16.6. The molecule has 5 aliphatic rings. The van der Waals surface area contributed by atoms with Crippen LogP contribution in [0, 0.1) is 5.92 Å². The molecule has 0 saturated carbocycles. The van der Waals surface area contributed by atoms with Gasteiger partial charge in [-0.1, -0.05) is 6.07 Å². The van der Waals surface area contributed by atoms with E-state index >= 15 is 0 Å². The van der Waals surface area contributed by atoms with Crippen LogP contribution in [0.3, 0.4) is 0 Å². The summed E-state index contributed by atoms with van der Waals surface area (Å²) >= 11 is 0. The number of amides is 6. The number of carbonyl (C=O) groups excluding carboxylic acids is 6. The third-order valence-corrected chi connectivity index (χ3v) is 12.7. The zero-order valence-corrected chi connectivity index (χ0v) is 34.1. The fourth-order valence-electron chi connectivity index (χ4n) is 9.25. The number of likely N-dealkylation sites (N-methyl/N-ethyl adjacent to an activating group) is 2. The Bertz CT molecular complexity index is 2190. The Hall–Kier alpha value is -6.17. The van der Waals surface area contributed by atoms with E-state index in [0.29, 0.717) is 44.3 Å². The maximum atomic E-state index is 13.3. The van der Waals surface area contributed by atoms with Gasteiger partial charge in [0, 0.05) is 96.4 Å². The summed E-state index contributed by atoms with van der Waals surface area (Å²) in [5.74, 6) is -0.871. The summed E-state index contributed by atoms with van der Waals surface area (Å²) in [5, 5.41) is 14.0. The Labute approximate surface area is 348 Å². The number of imide groups is 1. The van der Waals surface area contributed by atoms with Crippen LogP contribution >= 0.6 is 0 Å². The van der Waals surface area contributed by atoms with Crippen molar-refractivity contribution >= 4 is 59.1 Å². The van der Waals surface area contributed by atoms with E-state index in [0.717, 1.165) is 76.2 Å². The molecule has 18 nitrogen and oxygen atoms in total. The Morgan fingerprint density at radius 3 is 2.48 bits per heavy atom. The zero-order valence-electron chi connectivity index (χ0n) is 34.1. The second-order valence-corrected chi connectivity index (χ2v) is 16.6. The molecular weight excluding hydrogens is 769 g/mol. The highest BCUT2D eigenvalue weighted by Gasteiger charge is 2.36. The average Bonchev–Trinajstić information content (AvgIpc) is 3.59. The average molecular weight is 821 g/mol. The number of nitrogens with two attached hydrogens (primary N) is 1. The van der Waals surface area contributed by atoms with Gasteiger partial charge in [0.1, 0.15) is 6.04 Å². The Morgan fingerprint density at radius 2 is 1.75 bits per heavy atom. The van der Waals surface area contributed by atoms with E-state index in [1.807, 2.05) is 29.0 Å². The third-order valence-electron chi connectivity index (χ3n) is 12.7. The number of anilines is 4. The zero-order chi connectivity index (χ0) is 42.1. The molecule has 5 aliphatic heterocycles. The number of urea groups is 1. The van der Waals surface area contributed by atoms with E-state index in [2.05, 4.69) is 42.8 Å². The van der Waals surface area contributed by atoms with Crippen LogP contribution < -0.4 is 26.2 Å². The predicted molar refractivity (Wildman–Crippen MR) is 222 cm³/mol. The van der Waals surface area contributed by atoms with E-state index in [1.54, 1.807) is 17.0 Å². The highest BCUT2D eigenvalue weighted by atomic mass is 16.2. The summed E-state index contributed by atoms with van der Waals surface area (Å²) in [6, 6.07) is 10.8. The lowest BCUT2D eigenvalue weighted by Gasteiger charge is -2.37. The van der Waals surface area contributed by atoms with Crippen molar-refractivity contribution < 1.29 is 28.8 Å². The van der Waals surface area contributed by atoms with Crippen LogP contribution in [0.1, 0.15) is 80.9 Å². The molecule has 18 heteroatoms. The molecule has 3 aromatic rings. The largest absolute Gasteiger partial charge is 0.371 e. The number of aldehydes is 1. The smallest absolute Gasteiger partial charge is 0.320 e. The number of aromatic nitrogens is 3. The lowest BCUT2D eigenvalue weighted by Crippen LogP contribution is -2.53. The van der Waals surface area contributed by atoms with Crippen molar-refractivity contribution in [3.05, 3.63) is 64.3 Å². The first-order chi connectivity index (χ1) is 28.9. The first-order valence-corrected chi connectivity index (χ1v) is 20.8. The normalized spacial score (nSPS) is 21.5. The van der Waals surface area contributed by atoms with Crippen LogP contribution in [0.2, 0.25) is 0 Å². The van der Waals surface area contributed by atoms with Crippen LogP contribution in [-0.4, -0.2) is 149 Å². The van der Waals surface area contributed by atoms with Gasteiger partial charge in [0.2, 0.25) is 17.8 Å². The SMILES string of the molecule is CN1CCN(C2CCCN(c3nnc(C(N)=O)c(Nc4ccc5c(c4)CCN(CC4CCN(c6ccc(C(=O)N(C)C7CCC(=O)NC7=O)c(C=O)c6)CC4)C5)n3)C2)C1=O. The van der Waals surface area contributed by atoms with Gasteiger partial charge in [0.05, 0.1) is 11.6 Å². The maximum Gasteiger partial charge on any atom is 0.320 e. The van der Waals surface area contributed by atoms with Crippen molar-refractivity contribution in [2.75, 3.05) is 81.6 Å². The summed E-state index contributed by atoms with van der Waals surface area (Å²) < 4.78 is 0. The van der Waals surface area contributed by atoms with Crippen LogP contribution in [0.25, 0.3) is 0 Å². The standard InChI is InChI=1S/C42H52N12O6/c1-49-18-19-54(42(49)60)32-4-3-14-53(24-32)41-46-38(36(37(43)57)47-48-41)44-30-6-5-28-23-51(15-13-27(28)20-30)22-26-11-16-52(17-12-26)31-7-8-33(29(21-31)25-55)40(59)50(2)34-9-10-35(56)45-39(34)58/h5-8,20-21,25-26,32,34H,3-4,9-19,22-24H2,1-2H3,(H2,43,57)(H,44,46,48)(H,45,56,58). The maximum absolute atomic E-state index is 13.3. The van der Waals surface area contributed by atoms with Crippen LogP contribution in [0.15, 0.2) is 36.4 Å². The van der Waals surface area contributed by atoms with Gasteiger partial charge in [0.25, 0.3) is 11.8 Å². The lowest BCUT2D eigenvalue weighted by molar-refractivity contribution is -0.136. The van der Waals surface area contributed by atoms with E-state index in [9.17, 15) is 28.8 Å². The van der Waals surface area contributed by atoms with E-state index in [-0.39, 0.29) is 53.5 Å². The van der Waals surface area contributed by atoms with Gasteiger partial charge in [-0.2, -0.15) is 4.98 Å². The Kier molecular flexibility index (Phi) is 11.6. The molecule has 0 radical (unpaired) electrons. The van der Waals surface area contributed by atoms with Crippen molar-refractivity contribution in [2.24, 2.45) is 11.7 Å². The molecule has 2 aromatic carbocycles. The number of nitrogens with zero attached hydrogens (tertiary/aromatic N) is 9. The minimum atomic E-state index is -0.770. The number of fused-ring (bicyclic) bond motifs is 1. The van der Waals surface area contributed by atoms with E-state index < -0.39 is 23.8 Å². The van der Waals surface area contributed by atoms with E-state index in [4.69, 9.17) is 10.7 Å². The van der Waals surface area contributed by atoms with Crippen molar-refractivity contribution in [3.8, 4) is 0 Å². The van der Waals surface area contributed by atoms with Crippen molar-refractivity contribution in [1.29, 1.82) is 0 Å². The predicted octanol–water partition coefficient (Wildman–Crippen LogP) is 2.01. The summed E-state index contributed by atoms with van der Waals surface area (Å²) in [6.07, 6.45) is 5.72. The van der Waals surface area contributed by atoms with Crippen LogP contribution in [0.4, 0.5) is 27.9 Å². The number of hydrogen-bond acceptors (Lipinski definition) is 13. The van der Waals surface area contributed by atoms with Crippen molar-refractivity contribution in [2.45, 2.75) is 63.6 Å². The fraction of sp³-hybridized carbons (Fsp3) is 0.500. The number of piperidine rings is 3.